The highest BCUT2D eigenvalue weighted by atomic mass is 32.1. The third-order valence-electron chi connectivity index (χ3n) is 3.44. The molecule has 0 amide bonds. The van der Waals surface area contributed by atoms with Gasteiger partial charge in [0.1, 0.15) is 0 Å². The third kappa shape index (κ3) is 4.67. The molecule has 1 aromatic heterocycles. The fourth-order valence-electron chi connectivity index (χ4n) is 2.48. The van der Waals surface area contributed by atoms with Gasteiger partial charge in [0, 0.05) is 23.7 Å². The van der Waals surface area contributed by atoms with Gasteiger partial charge in [0.15, 0.2) is 0 Å². The van der Waals surface area contributed by atoms with E-state index in [9.17, 15) is 0 Å². The minimum absolute atomic E-state index is 0.459. The van der Waals surface area contributed by atoms with Crippen LogP contribution in [0.25, 0.3) is 0 Å². The lowest BCUT2D eigenvalue weighted by molar-refractivity contribution is 0.00530. The first-order chi connectivity index (χ1) is 8.88. The number of nitrogens with zero attached hydrogens (tertiary/aromatic N) is 1. The summed E-state index contributed by atoms with van der Waals surface area (Å²) in [7, 11) is 0. The summed E-state index contributed by atoms with van der Waals surface area (Å²) in [4.78, 5) is 5.54. The van der Waals surface area contributed by atoms with Crippen molar-refractivity contribution in [3.8, 4) is 0 Å². The lowest BCUT2D eigenvalue weighted by Gasteiger charge is -2.27. The number of thiazole rings is 1. The van der Waals surface area contributed by atoms with E-state index in [1.807, 2.05) is 11.7 Å². The van der Waals surface area contributed by atoms with Crippen molar-refractivity contribution in [2.75, 3.05) is 13.2 Å². The summed E-state index contributed by atoms with van der Waals surface area (Å²) in [6.45, 7) is 4.26. The Balaban J connectivity index is 1.83. The monoisotopic (exact) mass is 268 g/mol. The zero-order valence-corrected chi connectivity index (χ0v) is 12.0. The first kappa shape index (κ1) is 14.0. The van der Waals surface area contributed by atoms with Gasteiger partial charge in [-0.05, 0) is 45.1 Å². The summed E-state index contributed by atoms with van der Waals surface area (Å²) in [6.07, 6.45) is 9.65. The lowest BCUT2D eigenvalue weighted by Crippen LogP contribution is -2.36. The van der Waals surface area contributed by atoms with Crippen molar-refractivity contribution in [3.05, 3.63) is 16.6 Å². The maximum atomic E-state index is 5.86. The van der Waals surface area contributed by atoms with Crippen molar-refractivity contribution in [1.82, 2.24) is 10.3 Å². The summed E-state index contributed by atoms with van der Waals surface area (Å²) >= 11 is 1.75. The molecule has 2 heterocycles. The Morgan fingerprint density at radius 3 is 3.17 bits per heavy atom. The molecule has 4 heteroatoms. The van der Waals surface area contributed by atoms with Crippen LogP contribution in [0.3, 0.4) is 0 Å². The van der Waals surface area contributed by atoms with Crippen LogP contribution in [0.5, 0.6) is 0 Å². The Labute approximate surface area is 114 Å². The van der Waals surface area contributed by atoms with E-state index in [1.165, 1.54) is 30.6 Å². The number of hydrogen-bond donors (Lipinski definition) is 1. The zero-order valence-electron chi connectivity index (χ0n) is 11.2. The lowest BCUT2D eigenvalue weighted by atomic mass is 9.99. The number of nitrogens with one attached hydrogen (secondary N) is 1. The molecule has 18 heavy (non-hydrogen) atoms. The van der Waals surface area contributed by atoms with E-state index in [2.05, 4.69) is 17.2 Å². The van der Waals surface area contributed by atoms with Crippen LogP contribution in [0.2, 0.25) is 0 Å². The van der Waals surface area contributed by atoms with Crippen LogP contribution in [-0.4, -0.2) is 30.3 Å². The minimum atomic E-state index is 0.459. The second kappa shape index (κ2) is 7.87. The molecule has 2 atom stereocenters. The Morgan fingerprint density at radius 2 is 2.50 bits per heavy atom. The van der Waals surface area contributed by atoms with Crippen molar-refractivity contribution in [3.63, 3.8) is 0 Å². The van der Waals surface area contributed by atoms with Crippen molar-refractivity contribution in [2.45, 2.75) is 57.6 Å². The first-order valence-corrected chi connectivity index (χ1v) is 7.98. The summed E-state index contributed by atoms with van der Waals surface area (Å²) < 4.78 is 5.86. The van der Waals surface area contributed by atoms with E-state index in [0.29, 0.717) is 12.1 Å². The van der Waals surface area contributed by atoms with Crippen molar-refractivity contribution in [2.24, 2.45) is 0 Å². The highest BCUT2D eigenvalue weighted by Crippen LogP contribution is 2.19. The van der Waals surface area contributed by atoms with Crippen LogP contribution < -0.4 is 5.32 Å². The number of rotatable bonds is 7. The molecule has 2 unspecified atom stereocenters. The smallest absolute Gasteiger partial charge is 0.0794 e. The Morgan fingerprint density at radius 1 is 1.56 bits per heavy atom. The van der Waals surface area contributed by atoms with Crippen LogP contribution in [0.1, 0.15) is 43.9 Å². The molecule has 0 radical (unpaired) electrons. The molecule has 0 aliphatic carbocycles. The zero-order chi connectivity index (χ0) is 12.6. The van der Waals surface area contributed by atoms with Crippen molar-refractivity contribution >= 4 is 11.3 Å². The predicted octanol–water partition coefficient (Wildman–Crippen LogP) is 3.01. The number of aromatic nitrogens is 1. The van der Waals surface area contributed by atoms with Gasteiger partial charge in [-0.25, -0.2) is 0 Å². The van der Waals surface area contributed by atoms with E-state index in [4.69, 9.17) is 4.74 Å². The third-order valence-corrected chi connectivity index (χ3v) is 4.24. The predicted molar refractivity (Wildman–Crippen MR) is 76.1 cm³/mol. The molecular formula is C14H24N2OS. The van der Waals surface area contributed by atoms with Gasteiger partial charge in [0.25, 0.3) is 0 Å². The Bertz CT molecular complexity index is 310. The van der Waals surface area contributed by atoms with Gasteiger partial charge in [-0.2, -0.15) is 0 Å². The molecule has 1 fully saturated rings. The highest BCUT2D eigenvalue weighted by Gasteiger charge is 2.19. The minimum Gasteiger partial charge on any atom is -0.378 e. The number of ether oxygens (including phenoxy) is 1. The average molecular weight is 268 g/mol. The largest absolute Gasteiger partial charge is 0.378 e. The highest BCUT2D eigenvalue weighted by molar-refractivity contribution is 7.09. The fraction of sp³-hybridized carbons (Fsp3) is 0.786. The average Bonchev–Trinajstić information content (AvgIpc) is 2.90. The van der Waals surface area contributed by atoms with Gasteiger partial charge in [-0.3, -0.25) is 4.98 Å². The molecule has 0 spiro atoms. The van der Waals surface area contributed by atoms with Gasteiger partial charge >= 0.3 is 0 Å². The van der Waals surface area contributed by atoms with E-state index in [-0.39, 0.29) is 0 Å². The number of hydrogen-bond acceptors (Lipinski definition) is 4. The van der Waals surface area contributed by atoms with Crippen LogP contribution in [0.15, 0.2) is 11.7 Å². The summed E-state index contributed by atoms with van der Waals surface area (Å²) in [5.74, 6) is 0. The second-order valence-electron chi connectivity index (χ2n) is 5.05. The van der Waals surface area contributed by atoms with Crippen molar-refractivity contribution < 1.29 is 4.74 Å². The topological polar surface area (TPSA) is 34.2 Å². The molecule has 1 aliphatic heterocycles. The fourth-order valence-corrected chi connectivity index (χ4v) is 3.16. The maximum absolute atomic E-state index is 5.86. The molecule has 0 aromatic carbocycles. The van der Waals surface area contributed by atoms with E-state index >= 15 is 0 Å². The van der Waals surface area contributed by atoms with E-state index < -0.39 is 0 Å². The quantitative estimate of drug-likeness (QED) is 0.825. The Hall–Kier alpha value is -0.450. The van der Waals surface area contributed by atoms with Gasteiger partial charge in [-0.1, -0.05) is 6.92 Å². The Kier molecular flexibility index (Phi) is 6.11. The van der Waals surface area contributed by atoms with Gasteiger partial charge in [-0.15, -0.1) is 11.3 Å². The molecule has 1 saturated heterocycles. The molecule has 0 saturated carbocycles. The molecule has 102 valence electrons. The van der Waals surface area contributed by atoms with Crippen LogP contribution in [-0.2, 0) is 11.2 Å². The summed E-state index contributed by atoms with van der Waals surface area (Å²) in [6, 6.07) is 0.536. The van der Waals surface area contributed by atoms with E-state index in [1.54, 1.807) is 11.3 Å². The molecule has 2 rings (SSSR count). The van der Waals surface area contributed by atoms with Gasteiger partial charge in [0.05, 0.1) is 11.6 Å². The molecule has 1 N–H and O–H groups in total. The molecule has 1 aromatic rings. The molecule has 3 nitrogen and oxygen atoms in total. The van der Waals surface area contributed by atoms with E-state index in [0.717, 1.165) is 26.0 Å². The summed E-state index contributed by atoms with van der Waals surface area (Å²) in [5.41, 5.74) is 1.92. The van der Waals surface area contributed by atoms with Gasteiger partial charge < -0.3 is 10.1 Å². The first-order valence-electron chi connectivity index (χ1n) is 7.11. The normalized spacial score (nSPS) is 21.9. The molecule has 0 bridgehead atoms. The SMILES string of the molecule is CCCNC(Cc1cncs1)CC1CCCCO1. The molecular weight excluding hydrogens is 244 g/mol. The second-order valence-corrected chi connectivity index (χ2v) is 6.02. The van der Waals surface area contributed by atoms with Gasteiger partial charge in [0.2, 0.25) is 0 Å². The summed E-state index contributed by atoms with van der Waals surface area (Å²) in [5, 5.41) is 3.65. The standard InChI is InChI=1S/C14H24N2OS/c1-2-6-16-12(9-14-10-15-11-18-14)8-13-5-3-4-7-17-13/h10-13,16H,2-9H2,1H3. The van der Waals surface area contributed by atoms with Crippen LogP contribution in [0, 0.1) is 0 Å². The maximum Gasteiger partial charge on any atom is 0.0794 e. The molecule has 1 aliphatic rings. The van der Waals surface area contributed by atoms with Crippen molar-refractivity contribution in [1.29, 1.82) is 0 Å². The van der Waals surface area contributed by atoms with Crippen LogP contribution >= 0.6 is 11.3 Å². The van der Waals surface area contributed by atoms with Crippen LogP contribution in [0.4, 0.5) is 0 Å².